The van der Waals surface area contributed by atoms with E-state index in [1.165, 1.54) is 12.5 Å². The Morgan fingerprint density at radius 2 is 2.21 bits per heavy atom. The van der Waals surface area contributed by atoms with E-state index in [-0.39, 0.29) is 30.0 Å². The number of rotatable bonds is 3. The summed E-state index contributed by atoms with van der Waals surface area (Å²) in [5, 5.41) is 9.39. The largest absolute Gasteiger partial charge is 0.508 e. The van der Waals surface area contributed by atoms with Crippen molar-refractivity contribution in [3.8, 4) is 5.75 Å². The summed E-state index contributed by atoms with van der Waals surface area (Å²) in [4.78, 5) is 2.28. The van der Waals surface area contributed by atoms with Gasteiger partial charge in [0.1, 0.15) is 11.6 Å². The molecule has 0 radical (unpaired) electrons. The van der Waals surface area contributed by atoms with E-state index in [0.29, 0.717) is 12.5 Å². The summed E-state index contributed by atoms with van der Waals surface area (Å²) < 4.78 is 13.2. The number of hydrogen-bond donors (Lipinski definition) is 2. The first-order chi connectivity index (χ1) is 8.54. The summed E-state index contributed by atoms with van der Waals surface area (Å²) in [7, 11) is 0. The van der Waals surface area contributed by atoms with Crippen LogP contribution in [0.2, 0.25) is 0 Å². The summed E-state index contributed by atoms with van der Waals surface area (Å²) in [5.74, 6) is 0.123. The average Bonchev–Trinajstić information content (AvgIpc) is 2.27. The van der Waals surface area contributed by atoms with Crippen molar-refractivity contribution in [2.45, 2.75) is 32.4 Å². The van der Waals surface area contributed by atoms with Crippen LogP contribution >= 0.6 is 12.4 Å². The van der Waals surface area contributed by atoms with E-state index in [4.69, 9.17) is 5.73 Å². The van der Waals surface area contributed by atoms with Gasteiger partial charge in [-0.15, -0.1) is 12.4 Å². The molecule has 1 heterocycles. The Balaban J connectivity index is 0.00000180. The highest BCUT2D eigenvalue weighted by atomic mass is 35.5. The van der Waals surface area contributed by atoms with Gasteiger partial charge in [-0.25, -0.2) is 4.39 Å². The predicted octanol–water partition coefficient (Wildman–Crippen LogP) is 2.51. The van der Waals surface area contributed by atoms with Crippen LogP contribution in [0.25, 0.3) is 0 Å². The molecule has 1 aliphatic heterocycles. The number of likely N-dealkylation sites (tertiary alicyclic amines) is 1. The predicted molar refractivity (Wildman–Crippen MR) is 77.0 cm³/mol. The third-order valence-electron chi connectivity index (χ3n) is 3.63. The second kappa shape index (κ2) is 7.08. The van der Waals surface area contributed by atoms with Crippen molar-refractivity contribution in [1.82, 2.24) is 4.90 Å². The monoisotopic (exact) mass is 288 g/mol. The zero-order valence-corrected chi connectivity index (χ0v) is 12.0. The molecule has 1 aromatic rings. The first-order valence-corrected chi connectivity index (χ1v) is 6.51. The fourth-order valence-corrected chi connectivity index (χ4v) is 2.65. The van der Waals surface area contributed by atoms with Crippen LogP contribution in [0, 0.1) is 11.7 Å². The number of nitrogens with zero attached hydrogens (tertiary/aromatic N) is 1. The fourth-order valence-electron chi connectivity index (χ4n) is 2.65. The lowest BCUT2D eigenvalue weighted by atomic mass is 9.92. The first-order valence-electron chi connectivity index (χ1n) is 6.51. The molecule has 1 saturated heterocycles. The summed E-state index contributed by atoms with van der Waals surface area (Å²) in [6.07, 6.45) is 2.30. The normalized spacial score (nSPS) is 21.7. The molecule has 3 N–H and O–H groups in total. The molecule has 0 bridgehead atoms. The first kappa shape index (κ1) is 16.2. The second-order valence-corrected chi connectivity index (χ2v) is 5.31. The maximum atomic E-state index is 13.2. The van der Waals surface area contributed by atoms with Crippen molar-refractivity contribution < 1.29 is 9.50 Å². The molecular formula is C14H22ClFN2O. The highest BCUT2D eigenvalue weighted by Crippen LogP contribution is 2.22. The van der Waals surface area contributed by atoms with Crippen LogP contribution in [0.15, 0.2) is 18.2 Å². The van der Waals surface area contributed by atoms with Gasteiger partial charge in [-0.05, 0) is 49.9 Å². The quantitative estimate of drug-likeness (QED) is 0.898. The minimum absolute atomic E-state index is 0. The maximum Gasteiger partial charge on any atom is 0.127 e. The molecule has 19 heavy (non-hydrogen) atoms. The summed E-state index contributed by atoms with van der Waals surface area (Å²) in [5.41, 5.74) is 6.76. The zero-order chi connectivity index (χ0) is 13.1. The maximum absolute atomic E-state index is 13.2. The van der Waals surface area contributed by atoms with Crippen LogP contribution in [-0.4, -0.2) is 29.1 Å². The van der Waals surface area contributed by atoms with Gasteiger partial charge < -0.3 is 10.8 Å². The minimum Gasteiger partial charge on any atom is -0.508 e. The van der Waals surface area contributed by atoms with Gasteiger partial charge in [0.05, 0.1) is 0 Å². The molecule has 108 valence electrons. The number of aromatic hydroxyl groups is 1. The molecule has 1 aromatic carbocycles. The number of halogens is 2. The Labute approximate surface area is 120 Å². The number of phenolic OH excluding ortho intramolecular Hbond substituents is 1. The SMILES string of the molecule is CC(N)C1CCCN(Cc2cc(O)cc(F)c2)C1.Cl. The van der Waals surface area contributed by atoms with Crippen LogP contribution in [0.4, 0.5) is 4.39 Å². The van der Waals surface area contributed by atoms with E-state index >= 15 is 0 Å². The van der Waals surface area contributed by atoms with E-state index in [2.05, 4.69) is 4.90 Å². The Kier molecular flexibility index (Phi) is 6.04. The molecule has 2 atom stereocenters. The molecule has 0 aromatic heterocycles. The Bertz CT molecular complexity index is 394. The van der Waals surface area contributed by atoms with Gasteiger partial charge in [-0.1, -0.05) is 0 Å². The number of hydrogen-bond acceptors (Lipinski definition) is 3. The molecule has 0 saturated carbocycles. The van der Waals surface area contributed by atoms with Crippen LogP contribution < -0.4 is 5.73 Å². The third kappa shape index (κ3) is 4.64. The van der Waals surface area contributed by atoms with E-state index in [1.807, 2.05) is 6.92 Å². The molecule has 2 unspecified atom stereocenters. The summed E-state index contributed by atoms with van der Waals surface area (Å²) in [6.45, 7) is 4.69. The third-order valence-corrected chi connectivity index (χ3v) is 3.63. The van der Waals surface area contributed by atoms with Crippen LogP contribution in [0.1, 0.15) is 25.3 Å². The highest BCUT2D eigenvalue weighted by Gasteiger charge is 2.22. The fraction of sp³-hybridized carbons (Fsp3) is 0.571. The van der Waals surface area contributed by atoms with Gasteiger partial charge in [0, 0.05) is 25.2 Å². The highest BCUT2D eigenvalue weighted by molar-refractivity contribution is 5.85. The molecule has 3 nitrogen and oxygen atoms in total. The van der Waals surface area contributed by atoms with Gasteiger partial charge in [0.25, 0.3) is 0 Å². The van der Waals surface area contributed by atoms with Crippen LogP contribution in [0.5, 0.6) is 5.75 Å². The van der Waals surface area contributed by atoms with Gasteiger partial charge in [-0.2, -0.15) is 0 Å². The van der Waals surface area contributed by atoms with Crippen molar-refractivity contribution in [2.24, 2.45) is 11.7 Å². The van der Waals surface area contributed by atoms with Gasteiger partial charge in [0.15, 0.2) is 0 Å². The molecule has 0 aliphatic carbocycles. The van der Waals surface area contributed by atoms with Crippen molar-refractivity contribution in [3.63, 3.8) is 0 Å². The van der Waals surface area contributed by atoms with Gasteiger partial charge in [-0.3, -0.25) is 4.90 Å². The smallest absolute Gasteiger partial charge is 0.127 e. The lowest BCUT2D eigenvalue weighted by Crippen LogP contribution is -2.41. The van der Waals surface area contributed by atoms with Crippen LogP contribution in [-0.2, 0) is 6.54 Å². The van der Waals surface area contributed by atoms with Crippen LogP contribution in [0.3, 0.4) is 0 Å². The number of piperidine rings is 1. The van der Waals surface area contributed by atoms with Crippen molar-refractivity contribution in [1.29, 1.82) is 0 Å². The molecule has 1 aliphatic rings. The summed E-state index contributed by atoms with van der Waals surface area (Å²) in [6, 6.07) is 4.44. The van der Waals surface area contributed by atoms with Crippen molar-refractivity contribution in [2.75, 3.05) is 13.1 Å². The molecule has 0 amide bonds. The topological polar surface area (TPSA) is 49.5 Å². The molecule has 0 spiro atoms. The van der Waals surface area contributed by atoms with Crippen molar-refractivity contribution >= 4 is 12.4 Å². The molecule has 1 fully saturated rings. The molecule has 5 heteroatoms. The zero-order valence-electron chi connectivity index (χ0n) is 11.2. The van der Waals surface area contributed by atoms with E-state index in [0.717, 1.165) is 31.1 Å². The van der Waals surface area contributed by atoms with E-state index in [9.17, 15) is 9.50 Å². The standard InChI is InChI=1S/C14H21FN2O.ClH/c1-10(16)12-3-2-4-17(9-12)8-11-5-13(15)7-14(18)6-11;/h5-7,10,12,18H,2-4,8-9,16H2,1H3;1H. The lowest BCUT2D eigenvalue weighted by molar-refractivity contribution is 0.154. The Hall–Kier alpha value is -0.840. The van der Waals surface area contributed by atoms with Gasteiger partial charge in [0.2, 0.25) is 0 Å². The average molecular weight is 289 g/mol. The Morgan fingerprint density at radius 3 is 2.84 bits per heavy atom. The Morgan fingerprint density at radius 1 is 1.47 bits per heavy atom. The van der Waals surface area contributed by atoms with E-state index in [1.54, 1.807) is 6.07 Å². The summed E-state index contributed by atoms with van der Waals surface area (Å²) >= 11 is 0. The van der Waals surface area contributed by atoms with E-state index < -0.39 is 0 Å². The van der Waals surface area contributed by atoms with Gasteiger partial charge >= 0.3 is 0 Å². The van der Waals surface area contributed by atoms with Crippen molar-refractivity contribution in [3.05, 3.63) is 29.6 Å². The molecular weight excluding hydrogens is 267 g/mol. The number of benzene rings is 1. The molecule has 2 rings (SSSR count). The minimum atomic E-state index is -0.384. The number of phenols is 1. The number of nitrogens with two attached hydrogens (primary N) is 1. The lowest BCUT2D eigenvalue weighted by Gasteiger charge is -2.34. The second-order valence-electron chi connectivity index (χ2n) is 5.31.